The predicted molar refractivity (Wildman–Crippen MR) is 80.9 cm³/mol. The highest BCUT2D eigenvalue weighted by Crippen LogP contribution is 2.22. The molecule has 1 amide bonds. The average molecular weight is 284 g/mol. The van der Waals surface area contributed by atoms with E-state index >= 15 is 0 Å². The van der Waals surface area contributed by atoms with Crippen molar-refractivity contribution < 1.29 is 4.79 Å². The van der Waals surface area contributed by atoms with Crippen molar-refractivity contribution in [1.82, 2.24) is 10.2 Å². The summed E-state index contributed by atoms with van der Waals surface area (Å²) in [7, 11) is 4.05. The molecule has 0 saturated carbocycles. The largest absolute Gasteiger partial charge is 0.326 e. The van der Waals surface area contributed by atoms with E-state index in [1.54, 1.807) is 0 Å². The highest BCUT2D eigenvalue weighted by atomic mass is 35.5. The molecule has 0 heterocycles. The second-order valence-electron chi connectivity index (χ2n) is 4.76. The van der Waals surface area contributed by atoms with Gasteiger partial charge in [-0.05, 0) is 38.7 Å². The molecule has 0 radical (unpaired) electrons. The van der Waals surface area contributed by atoms with E-state index in [0.29, 0.717) is 18.0 Å². The van der Waals surface area contributed by atoms with Crippen molar-refractivity contribution in [3.8, 4) is 0 Å². The molecular formula is C14H22ClN3O. The summed E-state index contributed by atoms with van der Waals surface area (Å²) in [6.45, 7) is 4.43. The summed E-state index contributed by atoms with van der Waals surface area (Å²) in [5.74, 6) is 0.00252. The molecule has 0 aliphatic heterocycles. The van der Waals surface area contributed by atoms with Crippen LogP contribution in [0.15, 0.2) is 18.2 Å². The molecule has 0 aliphatic rings. The van der Waals surface area contributed by atoms with Gasteiger partial charge in [-0.3, -0.25) is 4.79 Å². The van der Waals surface area contributed by atoms with Crippen LogP contribution in [0.25, 0.3) is 0 Å². The Balaban J connectivity index is 2.29. The van der Waals surface area contributed by atoms with Crippen molar-refractivity contribution in [3.63, 3.8) is 0 Å². The van der Waals surface area contributed by atoms with Gasteiger partial charge in [0.1, 0.15) is 0 Å². The third-order valence-electron chi connectivity index (χ3n) is 2.81. The summed E-state index contributed by atoms with van der Waals surface area (Å²) in [6, 6.07) is 5.51. The zero-order valence-electron chi connectivity index (χ0n) is 11.8. The minimum Gasteiger partial charge on any atom is -0.326 e. The zero-order chi connectivity index (χ0) is 14.3. The SMILES string of the molecule is Cc1c(Cl)cccc1NC(=O)CCNCCN(C)C. The molecule has 4 nitrogen and oxygen atoms in total. The number of hydrogen-bond donors (Lipinski definition) is 2. The van der Waals surface area contributed by atoms with Gasteiger partial charge in [-0.15, -0.1) is 0 Å². The van der Waals surface area contributed by atoms with Gasteiger partial charge in [-0.1, -0.05) is 17.7 Å². The van der Waals surface area contributed by atoms with Crippen LogP contribution in [-0.2, 0) is 4.79 Å². The van der Waals surface area contributed by atoms with Crippen LogP contribution < -0.4 is 10.6 Å². The van der Waals surface area contributed by atoms with Gasteiger partial charge < -0.3 is 15.5 Å². The summed E-state index contributed by atoms with van der Waals surface area (Å²) in [5.41, 5.74) is 1.68. The van der Waals surface area contributed by atoms with Gasteiger partial charge in [-0.2, -0.15) is 0 Å². The Morgan fingerprint density at radius 2 is 2.05 bits per heavy atom. The number of rotatable bonds is 7. The Labute approximate surface area is 120 Å². The molecule has 0 aromatic heterocycles. The lowest BCUT2D eigenvalue weighted by Gasteiger charge is -2.11. The van der Waals surface area contributed by atoms with Gasteiger partial charge in [-0.25, -0.2) is 0 Å². The lowest BCUT2D eigenvalue weighted by atomic mass is 10.2. The molecule has 1 aromatic carbocycles. The fraction of sp³-hybridized carbons (Fsp3) is 0.500. The Morgan fingerprint density at radius 1 is 1.32 bits per heavy atom. The van der Waals surface area contributed by atoms with Crippen LogP contribution in [0.5, 0.6) is 0 Å². The Hall–Kier alpha value is -1.10. The van der Waals surface area contributed by atoms with E-state index in [0.717, 1.165) is 24.3 Å². The number of anilines is 1. The van der Waals surface area contributed by atoms with Crippen molar-refractivity contribution in [2.75, 3.05) is 39.0 Å². The first-order chi connectivity index (χ1) is 9.00. The maximum atomic E-state index is 11.8. The van der Waals surface area contributed by atoms with Gasteiger partial charge >= 0.3 is 0 Å². The van der Waals surface area contributed by atoms with Crippen LogP contribution in [0, 0.1) is 6.92 Å². The summed E-state index contributed by atoms with van der Waals surface area (Å²) in [4.78, 5) is 13.9. The van der Waals surface area contributed by atoms with Crippen molar-refractivity contribution >= 4 is 23.2 Å². The normalized spacial score (nSPS) is 10.8. The molecule has 0 spiro atoms. The molecule has 1 aromatic rings. The minimum atomic E-state index is 0.00252. The number of benzene rings is 1. The second-order valence-corrected chi connectivity index (χ2v) is 5.17. The standard InChI is InChI=1S/C14H22ClN3O/c1-11-12(15)5-4-6-13(11)17-14(19)7-8-16-9-10-18(2)3/h4-6,16H,7-10H2,1-3H3,(H,17,19). The van der Waals surface area contributed by atoms with E-state index in [4.69, 9.17) is 11.6 Å². The molecule has 5 heteroatoms. The Bertz CT molecular complexity index is 421. The van der Waals surface area contributed by atoms with Gasteiger partial charge in [0.25, 0.3) is 0 Å². The smallest absolute Gasteiger partial charge is 0.225 e. The second kappa shape index (κ2) is 8.15. The van der Waals surface area contributed by atoms with E-state index < -0.39 is 0 Å². The summed E-state index contributed by atoms with van der Waals surface area (Å²) < 4.78 is 0. The highest BCUT2D eigenvalue weighted by Gasteiger charge is 2.06. The number of carbonyl (C=O) groups is 1. The number of hydrogen-bond acceptors (Lipinski definition) is 3. The van der Waals surface area contributed by atoms with E-state index in [1.807, 2.05) is 39.2 Å². The fourth-order valence-electron chi connectivity index (χ4n) is 1.59. The zero-order valence-corrected chi connectivity index (χ0v) is 12.5. The van der Waals surface area contributed by atoms with Gasteiger partial charge in [0.15, 0.2) is 0 Å². The monoisotopic (exact) mass is 283 g/mol. The molecular weight excluding hydrogens is 262 g/mol. The third kappa shape index (κ3) is 6.05. The quantitative estimate of drug-likeness (QED) is 0.754. The number of likely N-dealkylation sites (N-methyl/N-ethyl adjacent to an activating group) is 1. The highest BCUT2D eigenvalue weighted by molar-refractivity contribution is 6.31. The molecule has 0 saturated heterocycles. The number of nitrogens with zero attached hydrogens (tertiary/aromatic N) is 1. The number of amides is 1. The van der Waals surface area contributed by atoms with Gasteiger partial charge in [0.2, 0.25) is 5.91 Å². The van der Waals surface area contributed by atoms with Crippen molar-refractivity contribution in [1.29, 1.82) is 0 Å². The van der Waals surface area contributed by atoms with Crippen LogP contribution in [0.3, 0.4) is 0 Å². The van der Waals surface area contributed by atoms with E-state index in [9.17, 15) is 4.79 Å². The van der Waals surface area contributed by atoms with E-state index in [-0.39, 0.29) is 5.91 Å². The molecule has 19 heavy (non-hydrogen) atoms. The van der Waals surface area contributed by atoms with Crippen LogP contribution in [0.2, 0.25) is 5.02 Å². The van der Waals surface area contributed by atoms with Crippen LogP contribution >= 0.6 is 11.6 Å². The lowest BCUT2D eigenvalue weighted by molar-refractivity contribution is -0.116. The third-order valence-corrected chi connectivity index (χ3v) is 3.22. The van der Waals surface area contributed by atoms with Crippen LogP contribution in [0.1, 0.15) is 12.0 Å². The first-order valence-electron chi connectivity index (χ1n) is 6.41. The molecule has 0 bridgehead atoms. The van der Waals surface area contributed by atoms with Gasteiger partial charge in [0, 0.05) is 36.8 Å². The topological polar surface area (TPSA) is 44.4 Å². The molecule has 106 valence electrons. The predicted octanol–water partition coefficient (Wildman–Crippen LogP) is 2.13. The molecule has 0 unspecified atom stereocenters. The molecule has 2 N–H and O–H groups in total. The summed E-state index contributed by atoms with van der Waals surface area (Å²) in [5, 5.41) is 6.78. The van der Waals surface area contributed by atoms with Crippen molar-refractivity contribution in [2.24, 2.45) is 0 Å². The average Bonchev–Trinajstić information content (AvgIpc) is 2.34. The molecule has 1 rings (SSSR count). The first-order valence-corrected chi connectivity index (χ1v) is 6.79. The van der Waals surface area contributed by atoms with E-state index in [2.05, 4.69) is 15.5 Å². The Kier molecular flexibility index (Phi) is 6.84. The van der Waals surface area contributed by atoms with Gasteiger partial charge in [0.05, 0.1) is 0 Å². The summed E-state index contributed by atoms with van der Waals surface area (Å²) >= 11 is 6.00. The van der Waals surface area contributed by atoms with Crippen molar-refractivity contribution in [2.45, 2.75) is 13.3 Å². The molecule has 0 aliphatic carbocycles. The maximum absolute atomic E-state index is 11.8. The van der Waals surface area contributed by atoms with E-state index in [1.165, 1.54) is 0 Å². The van der Waals surface area contributed by atoms with Crippen LogP contribution in [-0.4, -0.2) is 44.5 Å². The minimum absolute atomic E-state index is 0.00252. The number of halogens is 1. The first kappa shape index (κ1) is 16.0. The number of carbonyl (C=O) groups excluding carboxylic acids is 1. The molecule has 0 fully saturated rings. The Morgan fingerprint density at radius 3 is 2.74 bits per heavy atom. The van der Waals surface area contributed by atoms with Crippen molar-refractivity contribution in [3.05, 3.63) is 28.8 Å². The van der Waals surface area contributed by atoms with Crippen LogP contribution in [0.4, 0.5) is 5.69 Å². The number of nitrogens with one attached hydrogen (secondary N) is 2. The fourth-order valence-corrected chi connectivity index (χ4v) is 1.76. The summed E-state index contributed by atoms with van der Waals surface area (Å²) in [6.07, 6.45) is 0.458. The molecule has 0 atom stereocenters. The maximum Gasteiger partial charge on any atom is 0.225 e. The lowest BCUT2D eigenvalue weighted by Crippen LogP contribution is -2.29.